The molecule has 0 unspecified atom stereocenters. The van der Waals surface area contributed by atoms with Gasteiger partial charge in [0.15, 0.2) is 0 Å². The number of benzene rings is 1. The van der Waals surface area contributed by atoms with Gasteiger partial charge in [-0.05, 0) is 43.5 Å². The third-order valence-electron chi connectivity index (χ3n) is 3.10. The van der Waals surface area contributed by atoms with E-state index in [1.807, 2.05) is 31.3 Å². The Labute approximate surface area is 111 Å². The van der Waals surface area contributed by atoms with Crippen molar-refractivity contribution < 1.29 is 0 Å². The first-order valence-corrected chi connectivity index (χ1v) is 6.51. The molecule has 0 spiro atoms. The zero-order valence-electron chi connectivity index (χ0n) is 10.2. The van der Waals surface area contributed by atoms with Crippen LogP contribution < -0.4 is 5.32 Å². The Bertz CT molecular complexity index is 560. The quantitative estimate of drug-likeness (QED) is 0.921. The van der Waals surface area contributed by atoms with Crippen molar-refractivity contribution in [3.05, 3.63) is 40.7 Å². The van der Waals surface area contributed by atoms with Gasteiger partial charge in [0.05, 0.1) is 17.6 Å². The molecule has 1 aromatic carbocycles. The zero-order chi connectivity index (χ0) is 12.5. The number of nitrogens with zero attached hydrogens (tertiary/aromatic N) is 3. The van der Waals surface area contributed by atoms with Crippen molar-refractivity contribution in [3.8, 4) is 5.69 Å². The van der Waals surface area contributed by atoms with Gasteiger partial charge in [-0.2, -0.15) is 0 Å². The summed E-state index contributed by atoms with van der Waals surface area (Å²) in [6, 6.07) is 6.45. The summed E-state index contributed by atoms with van der Waals surface area (Å²) in [7, 11) is 0. The van der Waals surface area contributed by atoms with Gasteiger partial charge in [0.2, 0.25) is 0 Å². The highest BCUT2D eigenvalue weighted by Crippen LogP contribution is 2.20. The molecule has 1 N–H and O–H groups in total. The molecule has 94 valence electrons. The van der Waals surface area contributed by atoms with Gasteiger partial charge >= 0.3 is 0 Å². The maximum absolute atomic E-state index is 5.95. The van der Waals surface area contributed by atoms with E-state index >= 15 is 0 Å². The average molecular weight is 263 g/mol. The normalized spacial score (nSPS) is 15.0. The third-order valence-corrected chi connectivity index (χ3v) is 3.33. The van der Waals surface area contributed by atoms with Gasteiger partial charge in [-0.3, -0.25) is 0 Å². The number of rotatable bonds is 4. The number of halogens is 1. The van der Waals surface area contributed by atoms with Crippen molar-refractivity contribution in [2.45, 2.75) is 32.4 Å². The van der Waals surface area contributed by atoms with Crippen molar-refractivity contribution >= 4 is 11.6 Å². The standard InChI is InChI=1S/C13H15ClN4/c1-9-6-10(14)2-5-13(9)18-8-12(16-17-18)7-15-11-3-4-11/h2,5-6,8,11,15H,3-4,7H2,1H3. The van der Waals surface area contributed by atoms with Crippen LogP contribution in [-0.4, -0.2) is 21.0 Å². The molecular formula is C13H15ClN4. The van der Waals surface area contributed by atoms with Gasteiger partial charge in [-0.15, -0.1) is 5.10 Å². The molecule has 3 rings (SSSR count). The molecular weight excluding hydrogens is 248 g/mol. The zero-order valence-corrected chi connectivity index (χ0v) is 11.0. The number of hydrogen-bond donors (Lipinski definition) is 1. The van der Waals surface area contributed by atoms with E-state index in [4.69, 9.17) is 11.6 Å². The van der Waals surface area contributed by atoms with Crippen molar-refractivity contribution in [3.63, 3.8) is 0 Å². The van der Waals surface area contributed by atoms with Crippen LogP contribution in [0.2, 0.25) is 5.02 Å². The Balaban J connectivity index is 1.78. The molecule has 0 aliphatic heterocycles. The van der Waals surface area contributed by atoms with Crippen LogP contribution in [0, 0.1) is 6.92 Å². The second-order valence-electron chi connectivity index (χ2n) is 4.74. The second-order valence-corrected chi connectivity index (χ2v) is 5.18. The summed E-state index contributed by atoms with van der Waals surface area (Å²) >= 11 is 5.95. The van der Waals surface area contributed by atoms with Crippen molar-refractivity contribution in [2.75, 3.05) is 0 Å². The van der Waals surface area contributed by atoms with Gasteiger partial charge in [-0.25, -0.2) is 4.68 Å². The van der Waals surface area contributed by atoms with Crippen LogP contribution in [0.15, 0.2) is 24.4 Å². The molecule has 4 nitrogen and oxygen atoms in total. The van der Waals surface area contributed by atoms with Gasteiger partial charge in [0, 0.05) is 17.6 Å². The van der Waals surface area contributed by atoms with E-state index in [9.17, 15) is 0 Å². The highest BCUT2D eigenvalue weighted by Gasteiger charge is 2.20. The van der Waals surface area contributed by atoms with Gasteiger partial charge < -0.3 is 5.32 Å². The Morgan fingerprint density at radius 3 is 3.00 bits per heavy atom. The van der Waals surface area contributed by atoms with Crippen LogP contribution in [0.5, 0.6) is 0 Å². The van der Waals surface area contributed by atoms with Crippen molar-refractivity contribution in [2.24, 2.45) is 0 Å². The second kappa shape index (κ2) is 4.71. The van der Waals surface area contributed by atoms with Crippen LogP contribution in [0.1, 0.15) is 24.1 Å². The Kier molecular flexibility index (Phi) is 3.06. The fourth-order valence-electron chi connectivity index (χ4n) is 1.91. The molecule has 0 amide bonds. The smallest absolute Gasteiger partial charge is 0.0969 e. The predicted molar refractivity (Wildman–Crippen MR) is 71.0 cm³/mol. The lowest BCUT2D eigenvalue weighted by Gasteiger charge is -2.04. The van der Waals surface area contributed by atoms with Crippen LogP contribution in [0.4, 0.5) is 0 Å². The van der Waals surface area contributed by atoms with Crippen LogP contribution in [0.3, 0.4) is 0 Å². The molecule has 1 aliphatic carbocycles. The van der Waals surface area contributed by atoms with Gasteiger partial charge in [0.25, 0.3) is 0 Å². The molecule has 0 saturated heterocycles. The number of hydrogen-bond acceptors (Lipinski definition) is 3. The fraction of sp³-hybridized carbons (Fsp3) is 0.385. The highest BCUT2D eigenvalue weighted by molar-refractivity contribution is 6.30. The average Bonchev–Trinajstić information content (AvgIpc) is 3.05. The lowest BCUT2D eigenvalue weighted by Crippen LogP contribution is -2.15. The summed E-state index contributed by atoms with van der Waals surface area (Å²) in [5.41, 5.74) is 3.08. The molecule has 1 saturated carbocycles. The molecule has 1 heterocycles. The molecule has 0 radical (unpaired) electrons. The first-order valence-electron chi connectivity index (χ1n) is 6.13. The molecule has 2 aromatic rings. The number of aryl methyl sites for hydroxylation is 1. The first-order chi connectivity index (χ1) is 8.72. The summed E-state index contributed by atoms with van der Waals surface area (Å²) in [5, 5.41) is 12.5. The molecule has 0 atom stereocenters. The van der Waals surface area contributed by atoms with E-state index in [0.717, 1.165) is 28.5 Å². The molecule has 1 fully saturated rings. The summed E-state index contributed by atoms with van der Waals surface area (Å²) in [6.07, 6.45) is 4.53. The highest BCUT2D eigenvalue weighted by atomic mass is 35.5. The van der Waals surface area contributed by atoms with E-state index in [-0.39, 0.29) is 0 Å². The Hall–Kier alpha value is -1.39. The Morgan fingerprint density at radius 2 is 2.28 bits per heavy atom. The molecule has 18 heavy (non-hydrogen) atoms. The largest absolute Gasteiger partial charge is 0.308 e. The molecule has 0 bridgehead atoms. The molecule has 1 aromatic heterocycles. The van der Waals surface area contributed by atoms with E-state index in [2.05, 4.69) is 15.6 Å². The van der Waals surface area contributed by atoms with E-state index < -0.39 is 0 Å². The topological polar surface area (TPSA) is 42.7 Å². The first kappa shape index (κ1) is 11.7. The minimum atomic E-state index is 0.687. The van der Waals surface area contributed by atoms with Crippen LogP contribution in [0.25, 0.3) is 5.69 Å². The predicted octanol–water partition coefficient (Wildman–Crippen LogP) is 2.48. The Morgan fingerprint density at radius 1 is 1.44 bits per heavy atom. The summed E-state index contributed by atoms with van der Waals surface area (Å²) in [6.45, 7) is 2.81. The maximum atomic E-state index is 5.95. The van der Waals surface area contributed by atoms with Crippen molar-refractivity contribution in [1.29, 1.82) is 0 Å². The minimum Gasteiger partial charge on any atom is -0.308 e. The van der Waals surface area contributed by atoms with Crippen molar-refractivity contribution in [1.82, 2.24) is 20.3 Å². The third kappa shape index (κ3) is 2.54. The SMILES string of the molecule is Cc1cc(Cl)ccc1-n1cc(CNC2CC2)nn1. The number of aromatic nitrogens is 3. The summed E-state index contributed by atoms with van der Waals surface area (Å²) in [4.78, 5) is 0. The maximum Gasteiger partial charge on any atom is 0.0969 e. The van der Waals surface area contributed by atoms with Gasteiger partial charge in [-0.1, -0.05) is 16.8 Å². The monoisotopic (exact) mass is 262 g/mol. The van der Waals surface area contributed by atoms with Gasteiger partial charge in [0.1, 0.15) is 0 Å². The van der Waals surface area contributed by atoms with Crippen LogP contribution >= 0.6 is 11.6 Å². The lowest BCUT2D eigenvalue weighted by atomic mass is 10.2. The summed E-state index contributed by atoms with van der Waals surface area (Å²) < 4.78 is 1.80. The molecule has 1 aliphatic rings. The minimum absolute atomic E-state index is 0.687. The summed E-state index contributed by atoms with van der Waals surface area (Å²) in [5.74, 6) is 0. The fourth-order valence-corrected chi connectivity index (χ4v) is 2.14. The number of nitrogens with one attached hydrogen (secondary N) is 1. The van der Waals surface area contributed by atoms with E-state index in [0.29, 0.717) is 6.04 Å². The van der Waals surface area contributed by atoms with E-state index in [1.54, 1.807) is 4.68 Å². The van der Waals surface area contributed by atoms with Crippen LogP contribution in [-0.2, 0) is 6.54 Å². The van der Waals surface area contributed by atoms with E-state index in [1.165, 1.54) is 12.8 Å². The lowest BCUT2D eigenvalue weighted by molar-refractivity contribution is 0.671. The molecule has 5 heteroatoms.